The molecule has 1 aliphatic carbocycles. The number of nitrogens with one attached hydrogen (secondary N) is 2. The first kappa shape index (κ1) is 18.5. The van der Waals surface area contributed by atoms with Crippen LogP contribution in [0.4, 0.5) is 0 Å². The van der Waals surface area contributed by atoms with Crippen LogP contribution in [-0.4, -0.2) is 35.5 Å². The zero-order valence-electron chi connectivity index (χ0n) is 13.4. The summed E-state index contributed by atoms with van der Waals surface area (Å²) < 4.78 is 0. The van der Waals surface area contributed by atoms with E-state index in [4.69, 9.17) is 5.11 Å². The van der Waals surface area contributed by atoms with Gasteiger partial charge in [0.2, 0.25) is 11.8 Å². The molecule has 0 aromatic rings. The molecule has 126 valence electrons. The normalized spacial score (nSPS) is 21.1. The van der Waals surface area contributed by atoms with Crippen molar-refractivity contribution in [3.05, 3.63) is 0 Å². The molecule has 0 heterocycles. The molecule has 0 atom stereocenters. The maximum Gasteiger partial charge on any atom is 0.306 e. The molecule has 22 heavy (non-hydrogen) atoms. The molecule has 1 saturated carbocycles. The highest BCUT2D eigenvalue weighted by atomic mass is 16.4. The quantitative estimate of drug-likeness (QED) is 0.566. The molecule has 0 aliphatic heterocycles. The summed E-state index contributed by atoms with van der Waals surface area (Å²) in [6.07, 6.45) is 6.00. The summed E-state index contributed by atoms with van der Waals surface area (Å²) in [7, 11) is 0. The van der Waals surface area contributed by atoms with E-state index in [1.807, 2.05) is 0 Å². The van der Waals surface area contributed by atoms with Gasteiger partial charge in [-0.3, -0.25) is 14.4 Å². The molecule has 0 saturated heterocycles. The minimum absolute atomic E-state index is 0.00298. The van der Waals surface area contributed by atoms with Gasteiger partial charge in [0, 0.05) is 25.4 Å². The minimum atomic E-state index is -0.737. The van der Waals surface area contributed by atoms with Crippen molar-refractivity contribution >= 4 is 17.8 Å². The predicted octanol–water partition coefficient (Wildman–Crippen LogP) is 1.83. The predicted molar refractivity (Wildman–Crippen MR) is 83.3 cm³/mol. The zero-order valence-corrected chi connectivity index (χ0v) is 13.4. The van der Waals surface area contributed by atoms with Crippen molar-refractivity contribution in [1.82, 2.24) is 10.6 Å². The largest absolute Gasteiger partial charge is 0.481 e. The summed E-state index contributed by atoms with van der Waals surface area (Å²) in [5, 5.41) is 14.7. The third kappa shape index (κ3) is 7.43. The van der Waals surface area contributed by atoms with E-state index in [9.17, 15) is 14.4 Å². The van der Waals surface area contributed by atoms with E-state index in [0.29, 0.717) is 38.6 Å². The van der Waals surface area contributed by atoms with Gasteiger partial charge in [0.25, 0.3) is 0 Å². The van der Waals surface area contributed by atoms with Gasteiger partial charge in [0.15, 0.2) is 0 Å². The second-order valence-electron chi connectivity index (χ2n) is 6.01. The van der Waals surface area contributed by atoms with Crippen LogP contribution >= 0.6 is 0 Å². The molecule has 1 rings (SSSR count). The molecular formula is C16H28N2O4. The van der Waals surface area contributed by atoms with Crippen LogP contribution < -0.4 is 10.6 Å². The van der Waals surface area contributed by atoms with Crippen LogP contribution in [0.1, 0.15) is 64.7 Å². The van der Waals surface area contributed by atoms with Gasteiger partial charge in [-0.25, -0.2) is 0 Å². The van der Waals surface area contributed by atoms with Crippen LogP contribution in [0.2, 0.25) is 0 Å². The Labute approximate surface area is 132 Å². The topological polar surface area (TPSA) is 95.5 Å². The van der Waals surface area contributed by atoms with Gasteiger partial charge >= 0.3 is 5.97 Å². The average molecular weight is 312 g/mol. The highest BCUT2D eigenvalue weighted by molar-refractivity contribution is 5.79. The fraction of sp³-hybridized carbons (Fsp3) is 0.812. The SMILES string of the molecule is CCCCNC(=O)CCCC(=O)NC1CCC(C(=O)O)CC1. The molecule has 6 nitrogen and oxygen atoms in total. The summed E-state index contributed by atoms with van der Waals surface area (Å²) in [6, 6.07) is 0.0847. The Kier molecular flexibility index (Phi) is 8.55. The van der Waals surface area contributed by atoms with Gasteiger partial charge < -0.3 is 15.7 Å². The lowest BCUT2D eigenvalue weighted by Crippen LogP contribution is -2.38. The lowest BCUT2D eigenvalue weighted by Gasteiger charge is -2.26. The maximum atomic E-state index is 11.8. The van der Waals surface area contributed by atoms with E-state index >= 15 is 0 Å². The van der Waals surface area contributed by atoms with E-state index in [1.54, 1.807) is 0 Å². The highest BCUT2D eigenvalue weighted by Gasteiger charge is 2.26. The third-order valence-electron chi connectivity index (χ3n) is 4.10. The number of rotatable bonds is 9. The van der Waals surface area contributed by atoms with E-state index in [2.05, 4.69) is 17.6 Å². The summed E-state index contributed by atoms with van der Waals surface area (Å²) in [5.74, 6) is -1.04. The first-order valence-electron chi connectivity index (χ1n) is 8.31. The van der Waals surface area contributed by atoms with E-state index in [0.717, 1.165) is 25.7 Å². The zero-order chi connectivity index (χ0) is 16.4. The van der Waals surface area contributed by atoms with Gasteiger partial charge in [-0.05, 0) is 38.5 Å². The van der Waals surface area contributed by atoms with Crippen molar-refractivity contribution in [2.45, 2.75) is 70.8 Å². The van der Waals surface area contributed by atoms with Gasteiger partial charge in [-0.15, -0.1) is 0 Å². The van der Waals surface area contributed by atoms with Crippen LogP contribution in [0, 0.1) is 5.92 Å². The van der Waals surface area contributed by atoms with Gasteiger partial charge in [-0.2, -0.15) is 0 Å². The van der Waals surface area contributed by atoms with Crippen LogP contribution in [0.25, 0.3) is 0 Å². The molecule has 6 heteroatoms. The Balaban J connectivity index is 2.09. The number of carboxylic acids is 1. The molecule has 0 bridgehead atoms. The number of aliphatic carboxylic acids is 1. The van der Waals surface area contributed by atoms with Gasteiger partial charge in [0.05, 0.1) is 5.92 Å². The standard InChI is InChI=1S/C16H28N2O4/c1-2-3-11-17-14(19)5-4-6-15(20)18-13-9-7-12(8-10-13)16(21)22/h12-13H,2-11H2,1H3,(H,17,19)(H,18,20)(H,21,22). The number of carboxylic acid groups (broad SMARTS) is 1. The molecule has 0 spiro atoms. The van der Waals surface area contributed by atoms with Gasteiger partial charge in [-0.1, -0.05) is 13.3 Å². The Hall–Kier alpha value is -1.59. The van der Waals surface area contributed by atoms with Crippen LogP contribution in [0.5, 0.6) is 0 Å². The molecule has 0 aromatic heterocycles. The number of carbonyl (C=O) groups is 3. The molecule has 1 fully saturated rings. The molecule has 0 aromatic carbocycles. The molecule has 3 N–H and O–H groups in total. The minimum Gasteiger partial charge on any atom is -0.481 e. The third-order valence-corrected chi connectivity index (χ3v) is 4.10. The smallest absolute Gasteiger partial charge is 0.306 e. The van der Waals surface area contributed by atoms with E-state index < -0.39 is 5.97 Å². The molecule has 0 unspecified atom stereocenters. The number of hydrogen-bond acceptors (Lipinski definition) is 3. The summed E-state index contributed by atoms with van der Waals surface area (Å²) in [5.41, 5.74) is 0. The number of amides is 2. The highest BCUT2D eigenvalue weighted by Crippen LogP contribution is 2.24. The summed E-state index contributed by atoms with van der Waals surface area (Å²) in [4.78, 5) is 34.2. The first-order chi connectivity index (χ1) is 10.5. The fourth-order valence-electron chi connectivity index (χ4n) is 2.69. The Morgan fingerprint density at radius 1 is 1.00 bits per heavy atom. The van der Waals surface area contributed by atoms with Crippen molar-refractivity contribution in [1.29, 1.82) is 0 Å². The molecule has 2 amide bonds. The van der Waals surface area contributed by atoms with Gasteiger partial charge in [0.1, 0.15) is 0 Å². The van der Waals surface area contributed by atoms with Crippen molar-refractivity contribution in [3.8, 4) is 0 Å². The summed E-state index contributed by atoms with van der Waals surface area (Å²) >= 11 is 0. The van der Waals surface area contributed by atoms with E-state index in [1.165, 1.54) is 0 Å². The Bertz CT molecular complexity index is 376. The van der Waals surface area contributed by atoms with Crippen LogP contribution in [0.3, 0.4) is 0 Å². The first-order valence-corrected chi connectivity index (χ1v) is 8.31. The maximum absolute atomic E-state index is 11.8. The average Bonchev–Trinajstić information content (AvgIpc) is 2.48. The van der Waals surface area contributed by atoms with Crippen molar-refractivity contribution in [2.24, 2.45) is 5.92 Å². The van der Waals surface area contributed by atoms with E-state index in [-0.39, 0.29) is 23.8 Å². The monoisotopic (exact) mass is 312 g/mol. The lowest BCUT2D eigenvalue weighted by atomic mass is 9.86. The number of unbranched alkanes of at least 4 members (excludes halogenated alkanes) is 1. The Morgan fingerprint density at radius 3 is 2.23 bits per heavy atom. The van der Waals surface area contributed by atoms with Crippen LogP contribution in [0.15, 0.2) is 0 Å². The summed E-state index contributed by atoms with van der Waals surface area (Å²) in [6.45, 7) is 2.77. The van der Waals surface area contributed by atoms with Crippen LogP contribution in [-0.2, 0) is 14.4 Å². The van der Waals surface area contributed by atoms with Crippen molar-refractivity contribution in [3.63, 3.8) is 0 Å². The van der Waals surface area contributed by atoms with Crippen molar-refractivity contribution in [2.75, 3.05) is 6.54 Å². The van der Waals surface area contributed by atoms with Crippen molar-refractivity contribution < 1.29 is 19.5 Å². The fourth-order valence-corrected chi connectivity index (χ4v) is 2.69. The number of carbonyl (C=O) groups excluding carboxylic acids is 2. The molecular weight excluding hydrogens is 284 g/mol. The number of hydrogen-bond donors (Lipinski definition) is 3. The second kappa shape index (κ2) is 10.2. The Morgan fingerprint density at radius 2 is 1.64 bits per heavy atom. The second-order valence-corrected chi connectivity index (χ2v) is 6.01. The lowest BCUT2D eigenvalue weighted by molar-refractivity contribution is -0.142. The molecule has 1 aliphatic rings. The molecule has 0 radical (unpaired) electrons.